The van der Waals surface area contributed by atoms with Crippen molar-refractivity contribution < 1.29 is 45.1 Å². The topological polar surface area (TPSA) is 0 Å². The Balaban J connectivity index is 0.00000192. The number of benzene rings is 4. The van der Waals surface area contributed by atoms with Crippen LogP contribution in [0.4, 0.5) is 0 Å². The largest absolute Gasteiger partial charge is 1.00 e. The summed E-state index contributed by atoms with van der Waals surface area (Å²) in [6, 6.07) is 35.3. The minimum absolute atomic E-state index is 0. The number of allylic oxidation sites excluding steroid dienone is 4. The van der Waals surface area contributed by atoms with Gasteiger partial charge >= 0.3 is 264 Å². The van der Waals surface area contributed by atoms with Gasteiger partial charge in [0, 0.05) is 0 Å². The van der Waals surface area contributed by atoms with Crippen LogP contribution in [0.5, 0.6) is 0 Å². The molecule has 0 saturated carbocycles. The van der Waals surface area contributed by atoms with Crippen molar-refractivity contribution in [1.29, 1.82) is 0 Å². The number of hydrogen-bond donors (Lipinski definition) is 0. The Morgan fingerprint density at radius 1 is 0.636 bits per heavy atom. The first kappa shape index (κ1) is 33.5. The van der Waals surface area contributed by atoms with Crippen molar-refractivity contribution in [1.82, 2.24) is 0 Å². The Hall–Kier alpha value is -1.89. The van der Waals surface area contributed by atoms with Crippen LogP contribution in [0.3, 0.4) is 0 Å². The first-order chi connectivity index (χ1) is 20.0. The van der Waals surface area contributed by atoms with Crippen molar-refractivity contribution in [2.75, 3.05) is 0 Å². The third-order valence-corrected chi connectivity index (χ3v) is 25.4. The molecule has 1 aliphatic heterocycles. The normalized spacial score (nSPS) is 20.6. The zero-order valence-electron chi connectivity index (χ0n) is 26.5. The van der Waals surface area contributed by atoms with E-state index in [4.69, 9.17) is 11.6 Å². The van der Waals surface area contributed by atoms with E-state index in [1.54, 1.807) is 14.4 Å². The van der Waals surface area contributed by atoms with Crippen molar-refractivity contribution in [2.24, 2.45) is 0 Å². The van der Waals surface area contributed by atoms with Gasteiger partial charge in [-0.2, -0.15) is 0 Å². The summed E-state index contributed by atoms with van der Waals surface area (Å²) < 4.78 is 3.39. The molecule has 0 amide bonds. The maximum Gasteiger partial charge on any atom is -1.00 e. The van der Waals surface area contributed by atoms with Crippen LogP contribution >= 0.6 is 11.6 Å². The van der Waals surface area contributed by atoms with Crippen LogP contribution in [-0.4, -0.2) is 0 Å². The molecule has 1 heterocycles. The monoisotopic (exact) mass is 716 g/mol. The molecule has 7 rings (SSSR count). The first-order valence-corrected chi connectivity index (χ1v) is 21.3. The predicted octanol–water partition coefficient (Wildman–Crippen LogP) is 5.51. The van der Waals surface area contributed by atoms with Crippen LogP contribution in [0.25, 0.3) is 11.1 Å². The summed E-state index contributed by atoms with van der Waals surface area (Å²) in [7, 11) is 0. The van der Waals surface area contributed by atoms with Gasteiger partial charge in [0.25, 0.3) is 0 Å². The third kappa shape index (κ3) is 5.35. The van der Waals surface area contributed by atoms with Crippen molar-refractivity contribution in [3.05, 3.63) is 151 Å². The minimum atomic E-state index is -3.32. The Morgan fingerprint density at radius 3 is 1.59 bits per heavy atom. The molecule has 0 N–H and O–H groups in total. The predicted molar refractivity (Wildman–Crippen MR) is 176 cm³/mol. The smallest absolute Gasteiger partial charge is 1.00 e. The molecule has 2 aliphatic carbocycles. The van der Waals surface area contributed by atoms with E-state index in [0.717, 1.165) is 11.4 Å². The van der Waals surface area contributed by atoms with Crippen molar-refractivity contribution in [3.8, 4) is 11.1 Å². The van der Waals surface area contributed by atoms with Gasteiger partial charge < -0.3 is 24.8 Å². The van der Waals surface area contributed by atoms with Gasteiger partial charge in [-0.15, -0.1) is 0 Å². The molecule has 3 aliphatic rings. The maximum atomic E-state index is 6.45. The van der Waals surface area contributed by atoms with Gasteiger partial charge in [-0.1, -0.05) is 0 Å². The Bertz CT molecular complexity index is 1680. The van der Waals surface area contributed by atoms with E-state index < -0.39 is 20.3 Å². The zero-order chi connectivity index (χ0) is 29.4. The molecule has 0 spiro atoms. The van der Waals surface area contributed by atoms with E-state index in [1.165, 1.54) is 33.4 Å². The maximum absolute atomic E-state index is 6.45. The summed E-state index contributed by atoms with van der Waals surface area (Å²) in [6.07, 6.45) is 8.35. The van der Waals surface area contributed by atoms with Crippen molar-refractivity contribution in [2.45, 2.75) is 69.7 Å². The number of fused-ring (bicyclic) bond motifs is 3. The molecule has 4 aromatic rings. The van der Waals surface area contributed by atoms with Gasteiger partial charge in [0.1, 0.15) is 0 Å². The molecule has 3 atom stereocenters. The summed E-state index contributed by atoms with van der Waals surface area (Å²) in [5.74, 6) is 0. The SMILES string of the molecule is CC(C)(C)c1ccc2c(c1)-c1cc(C(C)(C)C)ccc1[CH]2[Zr+2]1([C]2=CC=CC2)[CH](c2ccccc2)[CH]1c1ccc(Cl)cc1.[Cl-].[Cl-]. The van der Waals surface area contributed by atoms with Crippen LogP contribution in [0.2, 0.25) is 5.02 Å². The molecule has 1 saturated heterocycles. The van der Waals surface area contributed by atoms with Gasteiger partial charge in [-0.05, 0) is 0 Å². The van der Waals surface area contributed by atoms with Crippen molar-refractivity contribution >= 4 is 11.6 Å². The first-order valence-electron chi connectivity index (χ1n) is 15.5. The van der Waals surface area contributed by atoms with E-state index >= 15 is 0 Å². The fourth-order valence-electron chi connectivity index (χ4n) is 8.08. The molecule has 4 aromatic carbocycles. The molecule has 0 bridgehead atoms. The fourth-order valence-corrected chi connectivity index (χ4v) is 27.9. The summed E-state index contributed by atoms with van der Waals surface area (Å²) in [4.78, 5) is 0. The van der Waals surface area contributed by atoms with Gasteiger partial charge in [0.15, 0.2) is 0 Å². The molecule has 4 heteroatoms. The summed E-state index contributed by atoms with van der Waals surface area (Å²) in [5, 5.41) is 0.819. The quantitative estimate of drug-likeness (QED) is 0.262. The summed E-state index contributed by atoms with van der Waals surface area (Å²) >= 11 is 3.13. The second kappa shape index (κ2) is 12.0. The molecular formula is C40H41Cl3Zr. The van der Waals surface area contributed by atoms with Crippen LogP contribution in [-0.2, 0) is 31.1 Å². The van der Waals surface area contributed by atoms with Gasteiger partial charge in [0.05, 0.1) is 0 Å². The molecule has 0 radical (unpaired) electrons. The molecule has 0 aromatic heterocycles. The fraction of sp³-hybridized carbons (Fsp3) is 0.300. The molecule has 226 valence electrons. The number of rotatable bonds is 4. The van der Waals surface area contributed by atoms with E-state index in [9.17, 15) is 0 Å². The Kier molecular flexibility index (Phi) is 9.16. The Morgan fingerprint density at radius 2 is 1.14 bits per heavy atom. The van der Waals surface area contributed by atoms with Crippen LogP contribution in [0.1, 0.15) is 92.2 Å². The molecule has 3 unspecified atom stereocenters. The number of hydrogen-bond acceptors (Lipinski definition) is 0. The minimum Gasteiger partial charge on any atom is -1.00 e. The van der Waals surface area contributed by atoms with E-state index in [0.29, 0.717) is 10.9 Å². The third-order valence-electron chi connectivity index (χ3n) is 10.2. The molecule has 0 nitrogen and oxygen atoms in total. The van der Waals surface area contributed by atoms with E-state index in [1.807, 2.05) is 0 Å². The molecular weight excluding hydrogens is 678 g/mol. The van der Waals surface area contributed by atoms with Crippen LogP contribution in [0, 0.1) is 0 Å². The zero-order valence-corrected chi connectivity index (χ0v) is 31.2. The molecule has 44 heavy (non-hydrogen) atoms. The number of halogens is 3. The van der Waals surface area contributed by atoms with Gasteiger partial charge in [-0.25, -0.2) is 0 Å². The van der Waals surface area contributed by atoms with E-state index in [2.05, 4.69) is 151 Å². The van der Waals surface area contributed by atoms with E-state index in [-0.39, 0.29) is 35.6 Å². The van der Waals surface area contributed by atoms with Crippen LogP contribution in [0.15, 0.2) is 113 Å². The van der Waals surface area contributed by atoms with Gasteiger partial charge in [-0.3, -0.25) is 0 Å². The standard InChI is InChI=1S/C21H25.C14H11Cl.C5H5.2ClH.Zr/c1-20(2,3)16-9-7-14-11-15-8-10-17(21(4,5)6)13-19(15)18(14)12-16;15-14-10-8-13(9-11-14)7-6-12-4-2-1-3-5-12;1-2-4-5-3-1;;;/h7-13H,1-6H3;1-11H;1-3H,4H2;2*1H;/q;;;;;+2/p-2. The Labute approximate surface area is 286 Å². The summed E-state index contributed by atoms with van der Waals surface area (Å²) in [6.45, 7) is 14.0. The second-order valence-corrected chi connectivity index (χ2v) is 25.8. The van der Waals surface area contributed by atoms with Crippen molar-refractivity contribution in [3.63, 3.8) is 0 Å². The second-order valence-electron chi connectivity index (χ2n) is 14.7. The van der Waals surface area contributed by atoms with Crippen LogP contribution < -0.4 is 24.8 Å². The average molecular weight is 719 g/mol. The summed E-state index contributed by atoms with van der Waals surface area (Å²) in [5.41, 5.74) is 12.1. The average Bonchev–Trinajstić information content (AvgIpc) is 3.25. The van der Waals surface area contributed by atoms with Gasteiger partial charge in [0.2, 0.25) is 0 Å². The molecule has 1 fully saturated rings.